The van der Waals surface area contributed by atoms with Gasteiger partial charge in [0.1, 0.15) is 0 Å². The van der Waals surface area contributed by atoms with Gasteiger partial charge < -0.3 is 9.13 Å². The minimum atomic E-state index is -0.658. The Morgan fingerprint density at radius 2 is 0.747 bits per heavy atom. The van der Waals surface area contributed by atoms with Gasteiger partial charge in [-0.2, -0.15) is 0 Å². The van der Waals surface area contributed by atoms with Crippen molar-refractivity contribution in [3.63, 3.8) is 0 Å². The quantitative estimate of drug-likeness (QED) is 0.168. The minimum absolute atomic E-state index is 0.108. The number of pyridine rings is 1. The fourth-order valence-corrected chi connectivity index (χ4v) is 14.4. The largest absolute Gasteiger partial charge is 0.309 e. The molecule has 0 unspecified atom stereocenters. The van der Waals surface area contributed by atoms with Gasteiger partial charge in [0.05, 0.1) is 33.2 Å². The second-order valence-electron chi connectivity index (χ2n) is 22.2. The first-order valence-electron chi connectivity index (χ1n) is 28.4. The van der Waals surface area contributed by atoms with Crippen LogP contribution in [-0.2, 0) is 16.2 Å². The molecule has 0 bridgehead atoms. The molecule has 3 nitrogen and oxygen atoms in total. The summed E-state index contributed by atoms with van der Waals surface area (Å²) in [6.45, 7) is 17.5. The molecule has 0 saturated heterocycles. The average Bonchev–Trinajstić information content (AvgIpc) is 4.39. The highest BCUT2D eigenvalue weighted by Crippen LogP contribution is 2.60. The Morgan fingerprint density at radius 3 is 1.30 bits per heavy atom. The van der Waals surface area contributed by atoms with Crippen molar-refractivity contribution < 1.29 is 0 Å². The molecule has 13 aromatic rings. The SMILES string of the molecule is CC.CC.CC1(C)c2ccccc2-c2cc(C3(c4ccc5c(c4)-c4ccccc4C5(C)C)c4ccc(-n5c6ccccc6c6cc(-c7ccc8c(c7)c7ccccc7n8-c7ccccc7)ccc65)cc4-c4ncccc43)ccc21. The molecule has 16 rings (SSSR count). The molecule has 0 aliphatic heterocycles. The highest BCUT2D eigenvalue weighted by atomic mass is 15.0. The number of rotatable bonds is 5. The van der Waals surface area contributed by atoms with Crippen molar-refractivity contribution in [2.24, 2.45) is 0 Å². The van der Waals surface area contributed by atoms with Crippen LogP contribution >= 0.6 is 0 Å². The molecule has 0 fully saturated rings. The molecule has 3 heteroatoms. The van der Waals surface area contributed by atoms with E-state index in [0.29, 0.717) is 0 Å². The van der Waals surface area contributed by atoms with Crippen LogP contribution in [0.1, 0.15) is 99.9 Å². The van der Waals surface area contributed by atoms with E-state index in [1.165, 1.54) is 127 Å². The van der Waals surface area contributed by atoms with E-state index < -0.39 is 5.41 Å². The number of hydrogen-bond acceptors (Lipinski definition) is 1. The van der Waals surface area contributed by atoms with Crippen LogP contribution < -0.4 is 0 Å². The van der Waals surface area contributed by atoms with Gasteiger partial charge in [-0.3, -0.25) is 4.98 Å². The Balaban J connectivity index is 0.00000138. The molecule has 0 saturated carbocycles. The Labute approximate surface area is 464 Å². The number of aromatic nitrogens is 3. The van der Waals surface area contributed by atoms with E-state index >= 15 is 0 Å². The van der Waals surface area contributed by atoms with Crippen LogP contribution in [-0.4, -0.2) is 14.1 Å². The van der Waals surface area contributed by atoms with E-state index in [1.807, 2.05) is 33.9 Å². The minimum Gasteiger partial charge on any atom is -0.309 e. The smallest absolute Gasteiger partial charge is 0.0753 e. The maximum Gasteiger partial charge on any atom is 0.0753 e. The lowest BCUT2D eigenvalue weighted by atomic mass is 9.66. The molecule has 3 aliphatic carbocycles. The fraction of sp³-hybridized carbons (Fsp3) is 0.145. The summed E-state index contributed by atoms with van der Waals surface area (Å²) in [6.07, 6.45) is 1.98. The lowest BCUT2D eigenvalue weighted by Crippen LogP contribution is -2.29. The van der Waals surface area contributed by atoms with E-state index in [4.69, 9.17) is 4.98 Å². The summed E-state index contributed by atoms with van der Waals surface area (Å²) in [4.78, 5) is 5.35. The second-order valence-corrected chi connectivity index (χ2v) is 22.2. The summed E-state index contributed by atoms with van der Waals surface area (Å²) in [5.41, 5.74) is 26.5. The molecule has 10 aromatic carbocycles. The van der Waals surface area contributed by atoms with Gasteiger partial charge in [-0.05, 0) is 157 Å². The van der Waals surface area contributed by atoms with Gasteiger partial charge in [-0.25, -0.2) is 0 Å². The topological polar surface area (TPSA) is 22.8 Å². The zero-order valence-corrected chi connectivity index (χ0v) is 46.4. The molecule has 3 aromatic heterocycles. The molecule has 382 valence electrons. The lowest BCUT2D eigenvalue weighted by Gasteiger charge is -2.35. The van der Waals surface area contributed by atoms with Crippen LogP contribution in [0, 0.1) is 0 Å². The molecular weight excluding hydrogens is 955 g/mol. The Morgan fingerprint density at radius 1 is 0.304 bits per heavy atom. The van der Waals surface area contributed by atoms with E-state index in [1.54, 1.807) is 0 Å². The Bertz CT molecular complexity index is 4490. The molecule has 0 N–H and O–H groups in total. The fourth-order valence-electron chi connectivity index (χ4n) is 14.4. The van der Waals surface area contributed by atoms with Crippen molar-refractivity contribution in [2.75, 3.05) is 0 Å². The molecule has 0 atom stereocenters. The van der Waals surface area contributed by atoms with Crippen LogP contribution in [0.3, 0.4) is 0 Å². The van der Waals surface area contributed by atoms with Gasteiger partial charge in [0.25, 0.3) is 0 Å². The van der Waals surface area contributed by atoms with Crippen molar-refractivity contribution in [1.29, 1.82) is 0 Å². The zero-order valence-electron chi connectivity index (χ0n) is 46.4. The predicted molar refractivity (Wildman–Crippen MR) is 333 cm³/mol. The molecule has 3 aliphatic rings. The monoisotopic (exact) mass is 1020 g/mol. The van der Waals surface area contributed by atoms with Crippen molar-refractivity contribution in [3.05, 3.63) is 281 Å². The summed E-state index contributed by atoms with van der Waals surface area (Å²) in [6, 6.07) is 86.9. The number of para-hydroxylation sites is 3. The molecular formula is C76H63N3. The number of benzene rings is 10. The van der Waals surface area contributed by atoms with Crippen LogP contribution in [0.5, 0.6) is 0 Å². The standard InChI is InChI=1S/C72H51N3.2C2H6/c1-70(2)59-23-12-8-19-50(59)54-41-46(30-33-61(54)70)72(47-31-34-62-55(42-47)51-20-9-13-24-60(51)71(62,3)4)63-35-32-49(43-58(63)69-64(72)25-16-38-73-69)75-66-27-15-11-22-53(66)57-40-45(29-37-68(57)75)44-28-36-67-56(39-44)52-21-10-14-26-65(52)74(67)48-17-6-5-7-18-48;2*1-2/h5-43H,1-4H3;2*1-2H3. The zero-order chi connectivity index (χ0) is 54.0. The molecule has 0 spiro atoms. The van der Waals surface area contributed by atoms with Crippen molar-refractivity contribution in [1.82, 2.24) is 14.1 Å². The normalized spacial score (nSPS) is 14.4. The first-order chi connectivity index (χ1) is 38.7. The summed E-state index contributed by atoms with van der Waals surface area (Å²) < 4.78 is 4.85. The van der Waals surface area contributed by atoms with Gasteiger partial charge >= 0.3 is 0 Å². The lowest BCUT2D eigenvalue weighted by molar-refractivity contribution is 0.658. The summed E-state index contributed by atoms with van der Waals surface area (Å²) in [7, 11) is 0. The second kappa shape index (κ2) is 18.0. The first kappa shape index (κ1) is 48.3. The molecule has 0 radical (unpaired) electrons. The third kappa shape index (κ3) is 6.69. The van der Waals surface area contributed by atoms with Gasteiger partial charge in [0, 0.05) is 55.5 Å². The summed E-state index contributed by atoms with van der Waals surface area (Å²) in [5, 5.41) is 4.96. The highest BCUT2D eigenvalue weighted by Gasteiger charge is 2.49. The van der Waals surface area contributed by atoms with Crippen LogP contribution in [0.2, 0.25) is 0 Å². The third-order valence-electron chi connectivity index (χ3n) is 17.9. The Kier molecular flexibility index (Phi) is 11.0. The predicted octanol–water partition coefficient (Wildman–Crippen LogP) is 20.0. The number of hydrogen-bond donors (Lipinski definition) is 0. The van der Waals surface area contributed by atoms with Crippen LogP contribution in [0.25, 0.3) is 99.6 Å². The third-order valence-corrected chi connectivity index (χ3v) is 17.9. The van der Waals surface area contributed by atoms with Crippen molar-refractivity contribution >= 4 is 43.6 Å². The number of fused-ring (bicyclic) bond motifs is 15. The van der Waals surface area contributed by atoms with Gasteiger partial charge in [-0.15, -0.1) is 0 Å². The van der Waals surface area contributed by atoms with Gasteiger partial charge in [0.15, 0.2) is 0 Å². The Hall–Kier alpha value is -9.05. The summed E-state index contributed by atoms with van der Waals surface area (Å²) in [5.74, 6) is 0. The summed E-state index contributed by atoms with van der Waals surface area (Å²) >= 11 is 0. The van der Waals surface area contributed by atoms with Crippen molar-refractivity contribution in [3.8, 4) is 56.0 Å². The maximum atomic E-state index is 5.35. The number of nitrogens with zero attached hydrogens (tertiary/aromatic N) is 3. The van der Waals surface area contributed by atoms with Gasteiger partial charge in [-0.1, -0.05) is 207 Å². The van der Waals surface area contributed by atoms with E-state index in [9.17, 15) is 0 Å². The van der Waals surface area contributed by atoms with Gasteiger partial charge in [0.2, 0.25) is 0 Å². The molecule has 3 heterocycles. The van der Waals surface area contributed by atoms with Crippen molar-refractivity contribution in [2.45, 2.75) is 71.6 Å². The maximum absolute atomic E-state index is 5.35. The van der Waals surface area contributed by atoms with E-state index in [0.717, 1.165) is 16.9 Å². The van der Waals surface area contributed by atoms with E-state index in [2.05, 4.69) is 267 Å². The van der Waals surface area contributed by atoms with Crippen LogP contribution in [0.15, 0.2) is 237 Å². The van der Waals surface area contributed by atoms with Crippen LogP contribution in [0.4, 0.5) is 0 Å². The van der Waals surface area contributed by atoms with E-state index in [-0.39, 0.29) is 10.8 Å². The highest BCUT2D eigenvalue weighted by molar-refractivity contribution is 6.13. The first-order valence-corrected chi connectivity index (χ1v) is 28.4. The molecule has 79 heavy (non-hydrogen) atoms. The molecule has 0 amide bonds. The average molecular weight is 1020 g/mol.